The molecule has 0 amide bonds. The van der Waals surface area contributed by atoms with E-state index >= 15 is 0 Å². The maximum absolute atomic E-state index is 13.6. The summed E-state index contributed by atoms with van der Waals surface area (Å²) in [5.74, 6) is -0.549. The lowest BCUT2D eigenvalue weighted by molar-refractivity contribution is 0.0254. The molecule has 0 bridgehead atoms. The minimum atomic E-state index is -0.543. The Labute approximate surface area is 105 Å². The van der Waals surface area contributed by atoms with Gasteiger partial charge in [-0.1, -0.05) is 6.07 Å². The molecule has 2 rings (SSSR count). The number of halogens is 3. The molecule has 1 aromatic rings. The normalized spacial score (nSPS) is 19.2. The third-order valence-corrected chi connectivity index (χ3v) is 3.98. The Morgan fingerprint density at radius 3 is 2.53 bits per heavy atom. The fourth-order valence-corrected chi connectivity index (χ4v) is 2.59. The van der Waals surface area contributed by atoms with E-state index in [1.165, 1.54) is 12.1 Å². The first-order valence-electron chi connectivity index (χ1n) is 5.73. The monoisotopic (exact) mass is 260 g/mol. The Morgan fingerprint density at radius 2 is 1.94 bits per heavy atom. The van der Waals surface area contributed by atoms with Gasteiger partial charge >= 0.3 is 0 Å². The number of alkyl halides is 1. The van der Waals surface area contributed by atoms with Gasteiger partial charge in [0.2, 0.25) is 0 Å². The van der Waals surface area contributed by atoms with Crippen LogP contribution in [0.2, 0.25) is 0 Å². The van der Waals surface area contributed by atoms with E-state index < -0.39 is 11.6 Å². The molecular weight excluding hydrogens is 246 g/mol. The molecule has 1 aromatic carbocycles. The second-order valence-corrected chi connectivity index (χ2v) is 4.93. The summed E-state index contributed by atoms with van der Waals surface area (Å²) in [6.07, 6.45) is 2.20. The van der Waals surface area contributed by atoms with Crippen LogP contribution in [0, 0.1) is 17.0 Å². The van der Waals surface area contributed by atoms with Gasteiger partial charge in [-0.15, -0.1) is 11.6 Å². The minimum absolute atomic E-state index is 0.113. The number of rotatable bonds is 3. The molecule has 4 heteroatoms. The van der Waals surface area contributed by atoms with E-state index in [0.29, 0.717) is 31.1 Å². The van der Waals surface area contributed by atoms with Crippen LogP contribution in [0.15, 0.2) is 18.2 Å². The van der Waals surface area contributed by atoms with Crippen LogP contribution in [-0.2, 0) is 11.2 Å². The molecule has 1 saturated heterocycles. The smallest absolute Gasteiger partial charge is 0.129 e. The molecule has 1 fully saturated rings. The lowest BCUT2D eigenvalue weighted by Gasteiger charge is -2.35. The summed E-state index contributed by atoms with van der Waals surface area (Å²) in [5, 5.41) is 0. The van der Waals surface area contributed by atoms with Gasteiger partial charge in [-0.25, -0.2) is 8.78 Å². The van der Waals surface area contributed by atoms with Crippen molar-refractivity contribution in [3.63, 3.8) is 0 Å². The topological polar surface area (TPSA) is 9.23 Å². The van der Waals surface area contributed by atoms with Crippen molar-refractivity contribution in [2.24, 2.45) is 5.41 Å². The predicted octanol–water partition coefficient (Wildman–Crippen LogP) is 3.54. The van der Waals surface area contributed by atoms with Crippen LogP contribution in [0.1, 0.15) is 18.4 Å². The first-order chi connectivity index (χ1) is 8.15. The number of ether oxygens (including phenoxy) is 1. The third kappa shape index (κ3) is 2.96. The summed E-state index contributed by atoms with van der Waals surface area (Å²) < 4.78 is 31.7. The Kier molecular flexibility index (Phi) is 4.00. The lowest BCUT2D eigenvalue weighted by atomic mass is 9.77. The summed E-state index contributed by atoms with van der Waals surface area (Å²) in [7, 11) is 0. The van der Waals surface area contributed by atoms with Crippen molar-refractivity contribution in [1.82, 2.24) is 0 Å². The summed E-state index contributed by atoms with van der Waals surface area (Å²) in [6.45, 7) is 1.32. The molecular formula is C13H15ClF2O. The quantitative estimate of drug-likeness (QED) is 0.756. The van der Waals surface area contributed by atoms with Crippen molar-refractivity contribution in [2.75, 3.05) is 19.1 Å². The highest BCUT2D eigenvalue weighted by Gasteiger charge is 2.32. The maximum Gasteiger partial charge on any atom is 0.129 e. The summed E-state index contributed by atoms with van der Waals surface area (Å²) in [5.41, 5.74) is 0.423. The Hall–Kier alpha value is -0.670. The minimum Gasteiger partial charge on any atom is -0.381 e. The van der Waals surface area contributed by atoms with Crippen LogP contribution in [-0.4, -0.2) is 19.1 Å². The standard InChI is InChI=1S/C13H15ClF2O/c14-9-13(3-5-17-6-4-13)8-10-1-2-11(15)7-12(10)16/h1-2,7H,3-6,8-9H2. The molecule has 0 atom stereocenters. The van der Waals surface area contributed by atoms with Gasteiger partial charge < -0.3 is 4.74 Å². The van der Waals surface area contributed by atoms with Gasteiger partial charge in [0.1, 0.15) is 11.6 Å². The maximum atomic E-state index is 13.6. The van der Waals surface area contributed by atoms with Gasteiger partial charge in [0.25, 0.3) is 0 Å². The highest BCUT2D eigenvalue weighted by atomic mass is 35.5. The highest BCUT2D eigenvalue weighted by molar-refractivity contribution is 6.18. The van der Waals surface area contributed by atoms with Crippen molar-refractivity contribution < 1.29 is 13.5 Å². The van der Waals surface area contributed by atoms with Gasteiger partial charge in [-0.05, 0) is 36.3 Å². The van der Waals surface area contributed by atoms with Gasteiger partial charge in [-0.2, -0.15) is 0 Å². The van der Waals surface area contributed by atoms with E-state index in [1.807, 2.05) is 0 Å². The molecule has 0 radical (unpaired) electrons. The van der Waals surface area contributed by atoms with E-state index in [4.69, 9.17) is 16.3 Å². The van der Waals surface area contributed by atoms with Gasteiger partial charge in [0, 0.05) is 25.2 Å². The molecule has 1 nitrogen and oxygen atoms in total. The summed E-state index contributed by atoms with van der Waals surface area (Å²) in [4.78, 5) is 0. The Balaban J connectivity index is 2.17. The van der Waals surface area contributed by atoms with Crippen LogP contribution in [0.25, 0.3) is 0 Å². The molecule has 0 N–H and O–H groups in total. The van der Waals surface area contributed by atoms with E-state index in [-0.39, 0.29) is 5.41 Å². The highest BCUT2D eigenvalue weighted by Crippen LogP contribution is 2.36. The molecule has 0 aromatic heterocycles. The molecule has 17 heavy (non-hydrogen) atoms. The van der Waals surface area contributed by atoms with Crippen LogP contribution in [0.3, 0.4) is 0 Å². The van der Waals surface area contributed by atoms with Crippen molar-refractivity contribution in [1.29, 1.82) is 0 Å². The molecule has 0 aliphatic carbocycles. The zero-order valence-electron chi connectivity index (χ0n) is 9.52. The van der Waals surface area contributed by atoms with E-state index in [2.05, 4.69) is 0 Å². The molecule has 1 aliphatic rings. The zero-order chi connectivity index (χ0) is 12.3. The zero-order valence-corrected chi connectivity index (χ0v) is 10.3. The first kappa shape index (κ1) is 12.8. The average Bonchev–Trinajstić information content (AvgIpc) is 2.34. The molecule has 0 spiro atoms. The van der Waals surface area contributed by atoms with Crippen LogP contribution in [0.4, 0.5) is 8.78 Å². The molecule has 1 aliphatic heterocycles. The third-order valence-electron chi connectivity index (χ3n) is 3.42. The molecule has 0 saturated carbocycles. The van der Waals surface area contributed by atoms with E-state index in [0.717, 1.165) is 18.9 Å². The van der Waals surface area contributed by atoms with Crippen LogP contribution < -0.4 is 0 Å². The van der Waals surface area contributed by atoms with E-state index in [9.17, 15) is 8.78 Å². The van der Waals surface area contributed by atoms with Crippen molar-refractivity contribution in [3.05, 3.63) is 35.4 Å². The largest absolute Gasteiger partial charge is 0.381 e. The fourth-order valence-electron chi connectivity index (χ4n) is 2.23. The molecule has 0 unspecified atom stereocenters. The summed E-state index contributed by atoms with van der Waals surface area (Å²) >= 11 is 6.02. The second kappa shape index (κ2) is 5.32. The SMILES string of the molecule is Fc1ccc(CC2(CCl)CCOCC2)c(F)c1. The van der Waals surface area contributed by atoms with Gasteiger partial charge in [0.05, 0.1) is 0 Å². The van der Waals surface area contributed by atoms with Gasteiger partial charge in [-0.3, -0.25) is 0 Å². The molecule has 94 valence electrons. The Bertz CT molecular complexity index is 389. The number of hydrogen-bond acceptors (Lipinski definition) is 1. The van der Waals surface area contributed by atoms with Crippen molar-refractivity contribution >= 4 is 11.6 Å². The first-order valence-corrected chi connectivity index (χ1v) is 6.26. The predicted molar refractivity (Wildman–Crippen MR) is 63.3 cm³/mol. The van der Waals surface area contributed by atoms with Gasteiger partial charge in [0.15, 0.2) is 0 Å². The fraction of sp³-hybridized carbons (Fsp3) is 0.538. The Morgan fingerprint density at radius 1 is 1.24 bits per heavy atom. The lowest BCUT2D eigenvalue weighted by Crippen LogP contribution is -2.33. The average molecular weight is 261 g/mol. The number of benzene rings is 1. The summed E-state index contributed by atoms with van der Waals surface area (Å²) in [6, 6.07) is 3.73. The van der Waals surface area contributed by atoms with Crippen molar-refractivity contribution in [2.45, 2.75) is 19.3 Å². The number of hydrogen-bond donors (Lipinski definition) is 0. The molecule has 1 heterocycles. The van der Waals surface area contributed by atoms with Crippen molar-refractivity contribution in [3.8, 4) is 0 Å². The van der Waals surface area contributed by atoms with Crippen LogP contribution >= 0.6 is 11.6 Å². The van der Waals surface area contributed by atoms with Crippen LogP contribution in [0.5, 0.6) is 0 Å². The van der Waals surface area contributed by atoms with E-state index in [1.54, 1.807) is 0 Å². The second-order valence-electron chi connectivity index (χ2n) is 4.66.